The molecule has 0 saturated carbocycles. The van der Waals surface area contributed by atoms with Crippen molar-refractivity contribution in [2.75, 3.05) is 6.67 Å². The van der Waals surface area contributed by atoms with E-state index in [2.05, 4.69) is 4.98 Å². The number of rotatable bonds is 5. The number of thioether (sulfide) groups is 1. The smallest absolute Gasteiger partial charge is 0.447 e. The van der Waals surface area contributed by atoms with Crippen LogP contribution in [0.2, 0.25) is 0 Å². The van der Waals surface area contributed by atoms with Gasteiger partial charge in [0.15, 0.2) is 6.04 Å². The first kappa shape index (κ1) is 16.2. The molecule has 1 aromatic heterocycles. The summed E-state index contributed by atoms with van der Waals surface area (Å²) < 4.78 is 49.2. The lowest BCUT2D eigenvalue weighted by Crippen LogP contribution is -2.42. The molecule has 0 saturated heterocycles. The summed E-state index contributed by atoms with van der Waals surface area (Å²) in [4.78, 5) is 25.6. The predicted octanol–water partition coefficient (Wildman–Crippen LogP) is 1.85. The number of hydrogen-bond acceptors (Lipinski definition) is 4. The lowest BCUT2D eigenvalue weighted by molar-refractivity contribution is -0.139. The third-order valence-corrected chi connectivity index (χ3v) is 2.74. The van der Waals surface area contributed by atoms with Crippen molar-refractivity contribution in [3.05, 3.63) is 23.9 Å². The SMILES string of the molecule is O=C(NC(CF)C(=O)O)c1cccnc1SC(F)(F)F. The van der Waals surface area contributed by atoms with Crippen LogP contribution >= 0.6 is 11.8 Å². The fourth-order valence-electron chi connectivity index (χ4n) is 1.16. The average molecular weight is 312 g/mol. The number of carboxylic acids is 1. The number of pyridine rings is 1. The molecule has 0 aliphatic heterocycles. The minimum absolute atomic E-state index is 0.477. The van der Waals surface area contributed by atoms with E-state index in [9.17, 15) is 27.2 Å². The fraction of sp³-hybridized carbons (Fsp3) is 0.300. The van der Waals surface area contributed by atoms with Gasteiger partial charge in [-0.25, -0.2) is 14.2 Å². The molecule has 0 aromatic carbocycles. The van der Waals surface area contributed by atoms with Gasteiger partial charge in [-0.3, -0.25) is 4.79 Å². The van der Waals surface area contributed by atoms with E-state index >= 15 is 0 Å². The molecule has 5 nitrogen and oxygen atoms in total. The first-order chi connectivity index (χ1) is 9.24. The normalized spacial score (nSPS) is 12.8. The Hall–Kier alpha value is -1.84. The second kappa shape index (κ2) is 6.55. The number of alkyl halides is 4. The zero-order valence-electron chi connectivity index (χ0n) is 9.65. The summed E-state index contributed by atoms with van der Waals surface area (Å²) in [5.74, 6) is -2.77. The molecular weight excluding hydrogens is 304 g/mol. The Bertz CT molecular complexity index is 510. The Morgan fingerprint density at radius 2 is 2.10 bits per heavy atom. The van der Waals surface area contributed by atoms with Crippen molar-refractivity contribution in [3.8, 4) is 0 Å². The number of amides is 1. The zero-order chi connectivity index (χ0) is 15.3. The molecule has 0 aliphatic rings. The highest BCUT2D eigenvalue weighted by Crippen LogP contribution is 2.37. The standard InChI is InChI=1S/C10H8F4N2O3S/c11-4-6(9(18)19)16-7(17)5-2-1-3-15-8(5)20-10(12,13)14/h1-3,6H,4H2,(H,16,17)(H,18,19). The van der Waals surface area contributed by atoms with Crippen LogP contribution < -0.4 is 5.32 Å². The van der Waals surface area contributed by atoms with Crippen LogP contribution in [-0.4, -0.2) is 40.2 Å². The number of halogens is 4. The van der Waals surface area contributed by atoms with Crippen LogP contribution in [0.4, 0.5) is 17.6 Å². The molecule has 1 unspecified atom stereocenters. The number of carbonyl (C=O) groups is 2. The summed E-state index contributed by atoms with van der Waals surface area (Å²) in [6.07, 6.45) is 1.05. The monoisotopic (exact) mass is 312 g/mol. The number of nitrogens with one attached hydrogen (secondary N) is 1. The van der Waals surface area contributed by atoms with E-state index in [0.29, 0.717) is 0 Å². The van der Waals surface area contributed by atoms with Gasteiger partial charge in [0.2, 0.25) is 0 Å². The van der Waals surface area contributed by atoms with Crippen LogP contribution in [0.3, 0.4) is 0 Å². The van der Waals surface area contributed by atoms with Gasteiger partial charge in [-0.15, -0.1) is 0 Å². The Balaban J connectivity index is 2.96. The molecule has 1 amide bonds. The van der Waals surface area contributed by atoms with Crippen LogP contribution in [0.5, 0.6) is 0 Å². The molecule has 0 spiro atoms. The van der Waals surface area contributed by atoms with Crippen molar-refractivity contribution in [1.82, 2.24) is 10.3 Å². The molecule has 10 heteroatoms. The van der Waals surface area contributed by atoms with Crippen molar-refractivity contribution in [2.24, 2.45) is 0 Å². The lowest BCUT2D eigenvalue weighted by atomic mass is 10.2. The number of nitrogens with zero attached hydrogens (tertiary/aromatic N) is 1. The summed E-state index contributed by atoms with van der Waals surface area (Å²) in [5.41, 5.74) is -5.13. The van der Waals surface area contributed by atoms with Gasteiger partial charge in [-0.1, -0.05) is 0 Å². The lowest BCUT2D eigenvalue weighted by Gasteiger charge is -2.13. The molecule has 1 heterocycles. The van der Waals surface area contributed by atoms with Gasteiger partial charge >= 0.3 is 11.5 Å². The summed E-state index contributed by atoms with van der Waals surface area (Å²) in [6.45, 7) is -1.39. The number of aromatic nitrogens is 1. The third kappa shape index (κ3) is 4.68. The Kier molecular flexibility index (Phi) is 5.31. The third-order valence-electron chi connectivity index (χ3n) is 1.99. The minimum Gasteiger partial charge on any atom is -0.480 e. The summed E-state index contributed by atoms with van der Waals surface area (Å²) in [5, 5.41) is 9.71. The second-order valence-corrected chi connectivity index (χ2v) is 4.48. The Morgan fingerprint density at radius 3 is 2.60 bits per heavy atom. The maximum Gasteiger partial charge on any atom is 0.447 e. The van der Waals surface area contributed by atoms with Gasteiger partial charge in [-0.05, 0) is 12.1 Å². The highest BCUT2D eigenvalue weighted by Gasteiger charge is 2.33. The van der Waals surface area contributed by atoms with Crippen LogP contribution in [-0.2, 0) is 4.79 Å². The largest absolute Gasteiger partial charge is 0.480 e. The van der Waals surface area contributed by atoms with Gasteiger partial charge in [0.05, 0.1) is 5.56 Å². The fourth-order valence-corrected chi connectivity index (χ4v) is 1.76. The molecule has 0 bridgehead atoms. The second-order valence-electron chi connectivity index (χ2n) is 3.42. The average Bonchev–Trinajstić information content (AvgIpc) is 2.34. The zero-order valence-corrected chi connectivity index (χ0v) is 10.5. The maximum absolute atomic E-state index is 12.4. The van der Waals surface area contributed by atoms with E-state index in [1.54, 1.807) is 5.32 Å². The first-order valence-electron chi connectivity index (χ1n) is 5.05. The van der Waals surface area contributed by atoms with Crippen LogP contribution in [0.1, 0.15) is 10.4 Å². The molecule has 1 aromatic rings. The molecule has 0 radical (unpaired) electrons. The molecule has 0 aliphatic carbocycles. The van der Waals surface area contributed by atoms with Crippen molar-refractivity contribution in [3.63, 3.8) is 0 Å². The molecular formula is C10H8F4N2O3S. The summed E-state index contributed by atoms with van der Waals surface area (Å²) in [6, 6.07) is 0.417. The predicted molar refractivity (Wildman–Crippen MR) is 61.0 cm³/mol. The first-order valence-corrected chi connectivity index (χ1v) is 5.86. The van der Waals surface area contributed by atoms with Crippen LogP contribution in [0.15, 0.2) is 23.4 Å². The van der Waals surface area contributed by atoms with Crippen molar-refractivity contribution < 1.29 is 32.3 Å². The molecule has 0 fully saturated rings. The number of aliphatic carboxylic acids is 1. The van der Waals surface area contributed by atoms with E-state index < -0.39 is 52.5 Å². The van der Waals surface area contributed by atoms with Crippen molar-refractivity contribution in [1.29, 1.82) is 0 Å². The van der Waals surface area contributed by atoms with E-state index in [1.807, 2.05) is 0 Å². The highest BCUT2D eigenvalue weighted by molar-refractivity contribution is 8.00. The Morgan fingerprint density at radius 1 is 1.45 bits per heavy atom. The number of carboxylic acid groups (broad SMARTS) is 1. The van der Waals surface area contributed by atoms with E-state index in [1.165, 1.54) is 6.07 Å². The minimum atomic E-state index is -4.66. The molecule has 1 atom stereocenters. The van der Waals surface area contributed by atoms with E-state index in [0.717, 1.165) is 12.3 Å². The van der Waals surface area contributed by atoms with Gasteiger partial charge in [0.25, 0.3) is 5.91 Å². The quantitative estimate of drug-likeness (QED) is 0.641. The molecule has 1 rings (SSSR count). The highest BCUT2D eigenvalue weighted by atomic mass is 32.2. The van der Waals surface area contributed by atoms with Gasteiger partial charge in [-0.2, -0.15) is 13.2 Å². The topological polar surface area (TPSA) is 79.3 Å². The van der Waals surface area contributed by atoms with Crippen LogP contribution in [0.25, 0.3) is 0 Å². The number of carbonyl (C=O) groups excluding carboxylic acids is 1. The van der Waals surface area contributed by atoms with Gasteiger partial charge in [0, 0.05) is 18.0 Å². The summed E-state index contributed by atoms with van der Waals surface area (Å²) >= 11 is -0.614. The summed E-state index contributed by atoms with van der Waals surface area (Å²) in [7, 11) is 0. The molecule has 2 N–H and O–H groups in total. The van der Waals surface area contributed by atoms with Gasteiger partial charge < -0.3 is 10.4 Å². The maximum atomic E-state index is 12.4. The van der Waals surface area contributed by atoms with E-state index in [4.69, 9.17) is 5.11 Å². The van der Waals surface area contributed by atoms with Crippen LogP contribution in [0, 0.1) is 0 Å². The van der Waals surface area contributed by atoms with Crippen molar-refractivity contribution in [2.45, 2.75) is 16.6 Å². The Labute approximate surface area is 114 Å². The number of hydrogen-bond donors (Lipinski definition) is 2. The molecule has 110 valence electrons. The van der Waals surface area contributed by atoms with E-state index in [-0.39, 0.29) is 0 Å². The van der Waals surface area contributed by atoms with Crippen molar-refractivity contribution >= 4 is 23.6 Å². The van der Waals surface area contributed by atoms with Gasteiger partial charge in [0.1, 0.15) is 11.7 Å². The molecule has 20 heavy (non-hydrogen) atoms.